The second-order valence-corrected chi connectivity index (χ2v) is 5.58. The second kappa shape index (κ2) is 4.93. The number of hydrogen-bond donors (Lipinski definition) is 1. The minimum atomic E-state index is -0.697. The molecule has 1 aromatic carbocycles. The zero-order valence-electron chi connectivity index (χ0n) is 11.9. The van der Waals surface area contributed by atoms with Gasteiger partial charge in [0.2, 0.25) is 0 Å². The van der Waals surface area contributed by atoms with Gasteiger partial charge in [-0.05, 0) is 56.2 Å². The standard InChI is InChI=1S/C16H24O2/c1-5-13-7-6-8-16(13,17)15-12(3)9-11(2)10-14(15)18-4/h9-10,13,17H,5-8H2,1-4H3. The molecule has 18 heavy (non-hydrogen) atoms. The Hall–Kier alpha value is -1.02. The van der Waals surface area contributed by atoms with Crippen LogP contribution < -0.4 is 4.74 Å². The minimum Gasteiger partial charge on any atom is -0.496 e. The molecule has 1 aromatic rings. The molecule has 0 aromatic heterocycles. The van der Waals surface area contributed by atoms with Gasteiger partial charge < -0.3 is 9.84 Å². The van der Waals surface area contributed by atoms with Crippen molar-refractivity contribution in [2.75, 3.05) is 7.11 Å². The number of rotatable bonds is 3. The molecule has 0 radical (unpaired) electrons. The lowest BCUT2D eigenvalue weighted by atomic mass is 9.79. The van der Waals surface area contributed by atoms with Gasteiger partial charge in [0.25, 0.3) is 0 Å². The van der Waals surface area contributed by atoms with E-state index in [0.29, 0.717) is 5.92 Å². The van der Waals surface area contributed by atoms with Crippen LogP contribution in [0.2, 0.25) is 0 Å². The smallest absolute Gasteiger partial charge is 0.125 e. The summed E-state index contributed by atoms with van der Waals surface area (Å²) in [5, 5.41) is 11.1. The molecule has 2 nitrogen and oxygen atoms in total. The van der Waals surface area contributed by atoms with E-state index in [1.54, 1.807) is 7.11 Å². The average Bonchev–Trinajstić information content (AvgIpc) is 2.69. The van der Waals surface area contributed by atoms with Gasteiger partial charge in [0.1, 0.15) is 5.75 Å². The van der Waals surface area contributed by atoms with Crippen molar-refractivity contribution in [1.29, 1.82) is 0 Å². The fraction of sp³-hybridized carbons (Fsp3) is 0.625. The first-order valence-corrected chi connectivity index (χ1v) is 6.91. The summed E-state index contributed by atoms with van der Waals surface area (Å²) in [7, 11) is 1.69. The fourth-order valence-corrected chi connectivity index (χ4v) is 3.58. The molecule has 0 saturated heterocycles. The van der Waals surface area contributed by atoms with Gasteiger partial charge in [-0.15, -0.1) is 0 Å². The largest absolute Gasteiger partial charge is 0.496 e. The van der Waals surface area contributed by atoms with Crippen LogP contribution in [0.25, 0.3) is 0 Å². The Labute approximate surface area is 110 Å². The Bertz CT molecular complexity index is 439. The molecular formula is C16H24O2. The molecule has 0 aliphatic heterocycles. The number of hydrogen-bond acceptors (Lipinski definition) is 2. The molecule has 1 aliphatic carbocycles. The van der Waals surface area contributed by atoms with Crippen molar-refractivity contribution in [3.8, 4) is 5.75 Å². The molecule has 2 rings (SSSR count). The van der Waals surface area contributed by atoms with E-state index in [0.717, 1.165) is 42.6 Å². The Kier molecular flexibility index (Phi) is 3.67. The van der Waals surface area contributed by atoms with Crippen molar-refractivity contribution in [3.05, 3.63) is 28.8 Å². The van der Waals surface area contributed by atoms with Crippen molar-refractivity contribution in [1.82, 2.24) is 0 Å². The topological polar surface area (TPSA) is 29.5 Å². The van der Waals surface area contributed by atoms with E-state index in [9.17, 15) is 5.11 Å². The van der Waals surface area contributed by atoms with Gasteiger partial charge in [0.15, 0.2) is 0 Å². The molecule has 0 bridgehead atoms. The molecule has 1 saturated carbocycles. The molecule has 100 valence electrons. The van der Waals surface area contributed by atoms with E-state index in [1.807, 2.05) is 6.07 Å². The molecular weight excluding hydrogens is 224 g/mol. The van der Waals surface area contributed by atoms with Crippen LogP contribution in [0, 0.1) is 19.8 Å². The lowest BCUT2D eigenvalue weighted by molar-refractivity contribution is -0.00642. The van der Waals surface area contributed by atoms with Gasteiger partial charge in [-0.1, -0.05) is 19.4 Å². The first kappa shape index (κ1) is 13.4. The summed E-state index contributed by atoms with van der Waals surface area (Å²) in [6.45, 7) is 6.31. The monoisotopic (exact) mass is 248 g/mol. The first-order valence-electron chi connectivity index (χ1n) is 6.91. The maximum absolute atomic E-state index is 11.1. The number of aliphatic hydroxyl groups is 1. The van der Waals surface area contributed by atoms with E-state index in [-0.39, 0.29) is 0 Å². The molecule has 2 unspecified atom stereocenters. The van der Waals surface area contributed by atoms with Crippen LogP contribution in [0.5, 0.6) is 5.75 Å². The van der Waals surface area contributed by atoms with Gasteiger partial charge in [-0.25, -0.2) is 0 Å². The quantitative estimate of drug-likeness (QED) is 0.883. The normalized spacial score (nSPS) is 27.5. The van der Waals surface area contributed by atoms with Crippen LogP contribution in [-0.2, 0) is 5.60 Å². The maximum Gasteiger partial charge on any atom is 0.125 e. The summed E-state index contributed by atoms with van der Waals surface area (Å²) < 4.78 is 5.52. The molecule has 1 N–H and O–H groups in total. The highest BCUT2D eigenvalue weighted by Gasteiger charge is 2.44. The van der Waals surface area contributed by atoms with Crippen LogP contribution in [-0.4, -0.2) is 12.2 Å². The van der Waals surface area contributed by atoms with Gasteiger partial charge in [-0.2, -0.15) is 0 Å². The molecule has 0 spiro atoms. The predicted octanol–water partition coefficient (Wildman–Crippen LogP) is 3.71. The van der Waals surface area contributed by atoms with Crippen molar-refractivity contribution >= 4 is 0 Å². The molecule has 1 aliphatic rings. The Morgan fingerprint density at radius 2 is 2.11 bits per heavy atom. The molecule has 0 amide bonds. The SMILES string of the molecule is CCC1CCCC1(O)c1c(C)cc(C)cc1OC. The first-order chi connectivity index (χ1) is 8.52. The fourth-order valence-electron chi connectivity index (χ4n) is 3.58. The van der Waals surface area contributed by atoms with Gasteiger partial charge >= 0.3 is 0 Å². The highest BCUT2D eigenvalue weighted by molar-refractivity contribution is 5.47. The average molecular weight is 248 g/mol. The van der Waals surface area contributed by atoms with Gasteiger partial charge in [-0.3, -0.25) is 0 Å². The van der Waals surface area contributed by atoms with Crippen LogP contribution >= 0.6 is 0 Å². The van der Waals surface area contributed by atoms with E-state index in [2.05, 4.69) is 26.8 Å². The van der Waals surface area contributed by atoms with Crippen LogP contribution in [0.4, 0.5) is 0 Å². The summed E-state index contributed by atoms with van der Waals surface area (Å²) in [5.41, 5.74) is 2.65. The van der Waals surface area contributed by atoms with Crippen molar-refractivity contribution < 1.29 is 9.84 Å². The lowest BCUT2D eigenvalue weighted by Gasteiger charge is -2.33. The van der Waals surface area contributed by atoms with Crippen LogP contribution in [0.1, 0.15) is 49.3 Å². The third kappa shape index (κ3) is 2.03. The van der Waals surface area contributed by atoms with Crippen LogP contribution in [0.15, 0.2) is 12.1 Å². The third-order valence-corrected chi connectivity index (χ3v) is 4.38. The zero-order valence-corrected chi connectivity index (χ0v) is 11.9. The number of aryl methyl sites for hydroxylation is 2. The maximum atomic E-state index is 11.1. The Morgan fingerprint density at radius 3 is 2.72 bits per heavy atom. The Morgan fingerprint density at radius 1 is 1.39 bits per heavy atom. The lowest BCUT2D eigenvalue weighted by Crippen LogP contribution is -2.31. The molecule has 1 fully saturated rings. The van der Waals surface area contributed by atoms with E-state index < -0.39 is 5.60 Å². The summed E-state index contributed by atoms with van der Waals surface area (Å²) in [6.07, 6.45) is 4.09. The molecule has 0 heterocycles. The van der Waals surface area contributed by atoms with Gasteiger partial charge in [0, 0.05) is 5.56 Å². The Balaban J connectivity index is 2.56. The highest BCUT2D eigenvalue weighted by Crippen LogP contribution is 2.49. The zero-order chi connectivity index (χ0) is 13.3. The number of benzene rings is 1. The number of ether oxygens (including phenoxy) is 1. The predicted molar refractivity (Wildman–Crippen MR) is 74.0 cm³/mol. The summed E-state index contributed by atoms with van der Waals surface area (Å²) in [6, 6.07) is 4.17. The molecule has 2 heteroatoms. The van der Waals surface area contributed by atoms with Gasteiger partial charge in [0.05, 0.1) is 12.7 Å². The van der Waals surface area contributed by atoms with E-state index in [1.165, 1.54) is 5.56 Å². The minimum absolute atomic E-state index is 0.354. The van der Waals surface area contributed by atoms with Crippen molar-refractivity contribution in [2.24, 2.45) is 5.92 Å². The van der Waals surface area contributed by atoms with E-state index >= 15 is 0 Å². The van der Waals surface area contributed by atoms with Crippen molar-refractivity contribution in [2.45, 2.75) is 52.1 Å². The summed E-state index contributed by atoms with van der Waals surface area (Å²) >= 11 is 0. The van der Waals surface area contributed by atoms with Crippen LogP contribution in [0.3, 0.4) is 0 Å². The summed E-state index contributed by atoms with van der Waals surface area (Å²) in [5.74, 6) is 1.20. The van der Waals surface area contributed by atoms with E-state index in [4.69, 9.17) is 4.74 Å². The second-order valence-electron chi connectivity index (χ2n) is 5.58. The summed E-state index contributed by atoms with van der Waals surface area (Å²) in [4.78, 5) is 0. The third-order valence-electron chi connectivity index (χ3n) is 4.38. The van der Waals surface area contributed by atoms with Crippen molar-refractivity contribution in [3.63, 3.8) is 0 Å². The molecule has 2 atom stereocenters. The highest BCUT2D eigenvalue weighted by atomic mass is 16.5. The number of methoxy groups -OCH3 is 1.